The van der Waals surface area contributed by atoms with Crippen molar-refractivity contribution in [3.63, 3.8) is 0 Å². The lowest BCUT2D eigenvalue weighted by atomic mass is 10.1. The van der Waals surface area contributed by atoms with Crippen molar-refractivity contribution in [3.8, 4) is 23.7 Å². The summed E-state index contributed by atoms with van der Waals surface area (Å²) < 4.78 is 61.9. The van der Waals surface area contributed by atoms with Gasteiger partial charge in [0.2, 0.25) is 10.0 Å². The van der Waals surface area contributed by atoms with Gasteiger partial charge in [0, 0.05) is 18.9 Å². The standard InChI is InChI=1S/C21H20F2N4O5S/c1-21(2,23)7-6-16(28)15-11-32-19-17(33(30,31)26-15)10-27(3)18(19)20(29)25-13-4-5-14(22)12(8-13)9-24/h4-5,8,10,15-16,26,28H,11H2,1-3H3,(H,25,29)/t15-,16?/m0/s1. The summed E-state index contributed by atoms with van der Waals surface area (Å²) in [4.78, 5) is 12.5. The smallest absolute Gasteiger partial charge is 0.276 e. The maximum atomic E-state index is 13.6. The van der Waals surface area contributed by atoms with Gasteiger partial charge < -0.3 is 19.7 Å². The number of aliphatic hydroxyl groups is 1. The number of aliphatic hydroxyl groups excluding tert-OH is 1. The molecule has 0 radical (unpaired) electrons. The molecule has 1 aliphatic rings. The summed E-state index contributed by atoms with van der Waals surface area (Å²) >= 11 is 0. The number of hydrogen-bond donors (Lipinski definition) is 3. The Morgan fingerprint density at radius 3 is 2.79 bits per heavy atom. The lowest BCUT2D eigenvalue weighted by Crippen LogP contribution is -2.45. The van der Waals surface area contributed by atoms with Crippen LogP contribution in [0.3, 0.4) is 0 Å². The van der Waals surface area contributed by atoms with Crippen LogP contribution in [0.1, 0.15) is 29.9 Å². The molecule has 0 aliphatic carbocycles. The van der Waals surface area contributed by atoms with E-state index in [1.54, 1.807) is 6.07 Å². The van der Waals surface area contributed by atoms with Crippen molar-refractivity contribution in [1.29, 1.82) is 5.26 Å². The number of halogens is 2. The average Bonchev–Trinajstić information content (AvgIpc) is 3.00. The van der Waals surface area contributed by atoms with Crippen LogP contribution in [0.5, 0.6) is 5.75 Å². The number of sulfonamides is 1. The quantitative estimate of drug-likeness (QED) is 0.572. The second-order valence-corrected chi connectivity index (χ2v) is 9.45. The lowest BCUT2D eigenvalue weighted by molar-refractivity contribution is 0.101. The summed E-state index contributed by atoms with van der Waals surface area (Å²) in [5.74, 6) is 2.64. The van der Waals surface area contributed by atoms with E-state index in [1.807, 2.05) is 0 Å². The first kappa shape index (κ1) is 24.2. The van der Waals surface area contributed by atoms with Gasteiger partial charge in [0.25, 0.3) is 5.91 Å². The number of fused-ring (bicyclic) bond motifs is 1. The first-order valence-corrected chi connectivity index (χ1v) is 11.1. The molecule has 1 amide bonds. The Bertz CT molecular complexity index is 1310. The highest BCUT2D eigenvalue weighted by atomic mass is 32.2. The molecule has 174 valence electrons. The zero-order valence-electron chi connectivity index (χ0n) is 17.8. The van der Waals surface area contributed by atoms with Crippen LogP contribution in [-0.2, 0) is 17.1 Å². The summed E-state index contributed by atoms with van der Waals surface area (Å²) in [7, 11) is -2.82. The summed E-state index contributed by atoms with van der Waals surface area (Å²) in [5, 5.41) is 21.6. The maximum absolute atomic E-state index is 13.6. The number of hydrogen-bond acceptors (Lipinski definition) is 6. The van der Waals surface area contributed by atoms with Gasteiger partial charge in [0.1, 0.15) is 29.5 Å². The summed E-state index contributed by atoms with van der Waals surface area (Å²) in [6.07, 6.45) is -0.420. The molecule has 0 saturated carbocycles. The number of ether oxygens (including phenoxy) is 1. The van der Waals surface area contributed by atoms with Crippen LogP contribution in [0.2, 0.25) is 0 Å². The monoisotopic (exact) mass is 478 g/mol. The number of rotatable bonds is 3. The van der Waals surface area contributed by atoms with Crippen LogP contribution in [0.4, 0.5) is 14.5 Å². The van der Waals surface area contributed by atoms with Gasteiger partial charge in [-0.1, -0.05) is 11.8 Å². The van der Waals surface area contributed by atoms with Crippen molar-refractivity contribution < 1.29 is 31.8 Å². The van der Waals surface area contributed by atoms with E-state index in [9.17, 15) is 27.1 Å². The molecule has 0 spiro atoms. The van der Waals surface area contributed by atoms with E-state index >= 15 is 0 Å². The molecule has 1 aromatic heterocycles. The number of anilines is 1. The number of nitrogens with one attached hydrogen (secondary N) is 2. The highest BCUT2D eigenvalue weighted by Crippen LogP contribution is 2.33. The normalized spacial score (nSPS) is 17.9. The fraction of sp³-hybridized carbons (Fsp3) is 0.333. The van der Waals surface area contributed by atoms with Crippen molar-refractivity contribution in [1.82, 2.24) is 9.29 Å². The predicted molar refractivity (Wildman–Crippen MR) is 113 cm³/mol. The number of nitrogens with zero attached hydrogens (tertiary/aromatic N) is 2. The molecule has 33 heavy (non-hydrogen) atoms. The van der Waals surface area contributed by atoms with E-state index < -0.39 is 46.2 Å². The van der Waals surface area contributed by atoms with E-state index in [0.29, 0.717) is 0 Å². The third-order valence-electron chi connectivity index (χ3n) is 4.56. The lowest BCUT2D eigenvalue weighted by Gasteiger charge is -2.18. The first-order valence-electron chi connectivity index (χ1n) is 9.57. The number of aryl methyl sites for hydroxylation is 1. The topological polar surface area (TPSA) is 133 Å². The fourth-order valence-corrected chi connectivity index (χ4v) is 4.44. The molecule has 1 unspecified atom stereocenters. The number of amides is 1. The SMILES string of the molecule is Cn1cc2c(c1C(=O)Nc1ccc(F)c(C#N)c1)OC[C@@H](C(O)C#CC(C)(C)F)NS2(=O)=O. The molecule has 2 atom stereocenters. The number of benzene rings is 1. The van der Waals surface area contributed by atoms with Crippen LogP contribution < -0.4 is 14.8 Å². The minimum Gasteiger partial charge on any atom is -0.488 e. The van der Waals surface area contributed by atoms with Crippen molar-refractivity contribution in [3.05, 3.63) is 41.5 Å². The van der Waals surface area contributed by atoms with Gasteiger partial charge >= 0.3 is 0 Å². The predicted octanol–water partition coefficient (Wildman–Crippen LogP) is 1.44. The van der Waals surface area contributed by atoms with E-state index in [2.05, 4.69) is 21.9 Å². The third-order valence-corrected chi connectivity index (χ3v) is 6.05. The van der Waals surface area contributed by atoms with Crippen LogP contribution in [0.25, 0.3) is 0 Å². The largest absolute Gasteiger partial charge is 0.488 e. The molecule has 9 nitrogen and oxygen atoms in total. The minimum absolute atomic E-state index is 0.111. The Hall–Kier alpha value is -3.45. The Morgan fingerprint density at radius 1 is 1.45 bits per heavy atom. The van der Waals surface area contributed by atoms with Crippen LogP contribution in [0.15, 0.2) is 29.3 Å². The average molecular weight is 478 g/mol. The first-order chi connectivity index (χ1) is 15.3. The summed E-state index contributed by atoms with van der Waals surface area (Å²) in [5.41, 5.74) is -2.23. The van der Waals surface area contributed by atoms with Crippen molar-refractivity contribution in [2.75, 3.05) is 11.9 Å². The summed E-state index contributed by atoms with van der Waals surface area (Å²) in [6, 6.07) is 3.81. The van der Waals surface area contributed by atoms with Gasteiger partial charge in [-0.25, -0.2) is 21.9 Å². The fourth-order valence-electron chi connectivity index (χ4n) is 3.02. The maximum Gasteiger partial charge on any atom is 0.276 e. The number of carbonyl (C=O) groups is 1. The molecule has 2 heterocycles. The van der Waals surface area contributed by atoms with Gasteiger partial charge in [-0.05, 0) is 32.0 Å². The minimum atomic E-state index is -4.24. The van der Waals surface area contributed by atoms with E-state index in [0.717, 1.165) is 18.3 Å². The Labute approximate surface area is 189 Å². The Kier molecular flexibility index (Phi) is 6.47. The number of carbonyl (C=O) groups excluding carboxylic acids is 1. The van der Waals surface area contributed by atoms with Crippen LogP contribution in [-0.4, -0.2) is 48.4 Å². The highest BCUT2D eigenvalue weighted by molar-refractivity contribution is 7.89. The van der Waals surface area contributed by atoms with E-state index in [4.69, 9.17) is 10.00 Å². The second kappa shape index (κ2) is 8.83. The third kappa shape index (κ3) is 5.31. The molecule has 0 fully saturated rings. The van der Waals surface area contributed by atoms with Gasteiger partial charge in [0.05, 0.1) is 11.6 Å². The van der Waals surface area contributed by atoms with Gasteiger partial charge in [-0.15, -0.1) is 0 Å². The molecule has 12 heteroatoms. The number of alkyl halides is 1. The van der Waals surface area contributed by atoms with E-state index in [-0.39, 0.29) is 27.6 Å². The van der Waals surface area contributed by atoms with Crippen LogP contribution >= 0.6 is 0 Å². The molecule has 3 N–H and O–H groups in total. The molecule has 2 aromatic rings. The second-order valence-electron chi connectivity index (χ2n) is 7.77. The number of nitriles is 1. The van der Waals surface area contributed by atoms with Gasteiger partial charge in [-0.2, -0.15) is 5.26 Å². The van der Waals surface area contributed by atoms with Crippen molar-refractivity contribution in [2.24, 2.45) is 7.05 Å². The zero-order chi connectivity index (χ0) is 24.6. The molecule has 3 rings (SSSR count). The molecule has 1 aliphatic heterocycles. The Morgan fingerprint density at radius 2 is 2.15 bits per heavy atom. The Balaban J connectivity index is 1.92. The summed E-state index contributed by atoms with van der Waals surface area (Å²) in [6.45, 7) is 1.97. The highest BCUT2D eigenvalue weighted by Gasteiger charge is 2.36. The van der Waals surface area contributed by atoms with Crippen LogP contribution in [0, 0.1) is 29.0 Å². The number of aromatic nitrogens is 1. The molecule has 0 bridgehead atoms. The van der Waals surface area contributed by atoms with E-state index in [1.165, 1.54) is 31.5 Å². The van der Waals surface area contributed by atoms with Gasteiger partial charge in [-0.3, -0.25) is 4.79 Å². The molecule has 0 saturated heterocycles. The van der Waals surface area contributed by atoms with Crippen molar-refractivity contribution >= 4 is 21.6 Å². The van der Waals surface area contributed by atoms with Crippen molar-refractivity contribution in [2.45, 2.75) is 36.6 Å². The molecular weight excluding hydrogens is 458 g/mol. The van der Waals surface area contributed by atoms with Gasteiger partial charge in [0.15, 0.2) is 17.1 Å². The molecule has 1 aromatic carbocycles. The molecular formula is C21H20F2N4O5S. The zero-order valence-corrected chi connectivity index (χ0v) is 18.6.